The molecule has 6 nitrogen and oxygen atoms in total. The minimum atomic E-state index is 0.0620. The van der Waals surface area contributed by atoms with Gasteiger partial charge in [0.05, 0.1) is 26.2 Å². The number of carbonyl (C=O) groups is 2. The van der Waals surface area contributed by atoms with Crippen molar-refractivity contribution in [3.05, 3.63) is 35.4 Å². The van der Waals surface area contributed by atoms with Crippen LogP contribution in [0.15, 0.2) is 24.3 Å². The summed E-state index contributed by atoms with van der Waals surface area (Å²) in [6.45, 7) is 10.7. The number of nitrogens with zero attached hydrogens (tertiary/aromatic N) is 1. The lowest BCUT2D eigenvalue weighted by molar-refractivity contribution is -0.896. The van der Waals surface area contributed by atoms with Crippen molar-refractivity contribution in [2.75, 3.05) is 46.3 Å². The third-order valence-corrected chi connectivity index (χ3v) is 5.55. The first-order chi connectivity index (χ1) is 12.9. The van der Waals surface area contributed by atoms with Crippen molar-refractivity contribution in [1.29, 1.82) is 0 Å². The zero-order chi connectivity index (χ0) is 19.8. The molecule has 1 aromatic rings. The number of nitrogens with one attached hydrogen (secondary N) is 2. The predicted octanol–water partition coefficient (Wildman–Crippen LogP) is -1.02. The molecule has 1 aliphatic rings. The molecule has 2 rings (SSSR count). The summed E-state index contributed by atoms with van der Waals surface area (Å²) in [5, 5.41) is 4.85. The molecule has 0 aliphatic carbocycles. The van der Waals surface area contributed by atoms with Crippen LogP contribution in [0.2, 0.25) is 0 Å². The van der Waals surface area contributed by atoms with Gasteiger partial charge in [-0.3, -0.25) is 9.59 Å². The number of likely N-dealkylation sites (N-methyl/N-ethyl adjacent to an activating group) is 1. The Labute approximate surface area is 163 Å². The Hall–Kier alpha value is -1.92. The Morgan fingerprint density at radius 2 is 1.81 bits per heavy atom. The van der Waals surface area contributed by atoms with Crippen LogP contribution >= 0.6 is 0 Å². The van der Waals surface area contributed by atoms with E-state index in [1.165, 1.54) is 16.0 Å². The van der Waals surface area contributed by atoms with Crippen LogP contribution in [-0.2, 0) is 16.0 Å². The molecule has 0 spiro atoms. The molecule has 2 amide bonds. The number of piperazine rings is 1. The van der Waals surface area contributed by atoms with Gasteiger partial charge in [0.2, 0.25) is 0 Å². The summed E-state index contributed by atoms with van der Waals surface area (Å²) in [6, 6.07) is 9.07. The number of aryl methyl sites for hydroxylation is 1. The van der Waals surface area contributed by atoms with Gasteiger partial charge in [0, 0.05) is 18.5 Å². The van der Waals surface area contributed by atoms with Gasteiger partial charge in [-0.2, -0.15) is 0 Å². The minimum absolute atomic E-state index is 0.0620. The van der Waals surface area contributed by atoms with Crippen molar-refractivity contribution < 1.29 is 19.8 Å². The largest absolute Gasteiger partial charge is 0.354 e. The average Bonchev–Trinajstić information content (AvgIpc) is 2.68. The molecule has 0 radical (unpaired) electrons. The molecule has 27 heavy (non-hydrogen) atoms. The van der Waals surface area contributed by atoms with Crippen molar-refractivity contribution in [3.8, 4) is 0 Å². The molecule has 1 saturated heterocycles. The van der Waals surface area contributed by atoms with Gasteiger partial charge in [-0.05, 0) is 12.0 Å². The summed E-state index contributed by atoms with van der Waals surface area (Å²) in [7, 11) is 1.67. The van der Waals surface area contributed by atoms with Crippen LogP contribution in [0.3, 0.4) is 0 Å². The number of nitrogens with two attached hydrogens (primary N) is 1. The second-order valence-electron chi connectivity index (χ2n) is 7.79. The smallest absolute Gasteiger partial charge is 0.278 e. The number of rotatable bonds is 8. The normalized spacial score (nSPS) is 16.4. The fourth-order valence-corrected chi connectivity index (χ4v) is 3.69. The van der Waals surface area contributed by atoms with Gasteiger partial charge in [0.25, 0.3) is 11.8 Å². The van der Waals surface area contributed by atoms with Crippen LogP contribution in [0.4, 0.5) is 0 Å². The van der Waals surface area contributed by atoms with E-state index >= 15 is 0 Å². The van der Waals surface area contributed by atoms with Gasteiger partial charge in [0.1, 0.15) is 6.04 Å². The molecule has 1 aliphatic heterocycles. The van der Waals surface area contributed by atoms with Crippen LogP contribution in [0.1, 0.15) is 37.9 Å². The van der Waals surface area contributed by atoms with E-state index in [1.54, 1.807) is 7.05 Å². The van der Waals surface area contributed by atoms with Crippen molar-refractivity contribution in [2.24, 2.45) is 5.92 Å². The van der Waals surface area contributed by atoms with Gasteiger partial charge in [-0.1, -0.05) is 45.0 Å². The van der Waals surface area contributed by atoms with Gasteiger partial charge < -0.3 is 20.4 Å². The molecule has 0 bridgehead atoms. The average molecular weight is 377 g/mol. The number of hydrogen-bond acceptors (Lipinski definition) is 2. The van der Waals surface area contributed by atoms with Gasteiger partial charge in [-0.25, -0.2) is 0 Å². The first-order valence-electron chi connectivity index (χ1n) is 10.2. The SMILES string of the molecule is CCc1ccc([C@H]([NH2+]CC(=O)N2CC[NH+](CC(=O)NC)CC2)C(C)C)cc1. The van der Waals surface area contributed by atoms with Crippen LogP contribution < -0.4 is 15.5 Å². The number of quaternary nitrogens is 2. The van der Waals surface area contributed by atoms with Crippen LogP contribution in [0, 0.1) is 5.92 Å². The highest BCUT2D eigenvalue weighted by Gasteiger charge is 2.27. The molecular formula is C21H36N4O2+2. The summed E-state index contributed by atoms with van der Waals surface area (Å²) < 4.78 is 0. The van der Waals surface area contributed by atoms with E-state index in [0.717, 1.165) is 32.6 Å². The predicted molar refractivity (Wildman–Crippen MR) is 106 cm³/mol. The molecular weight excluding hydrogens is 340 g/mol. The minimum Gasteiger partial charge on any atom is -0.354 e. The summed E-state index contributed by atoms with van der Waals surface area (Å²) in [5.74, 6) is 0.718. The molecule has 0 saturated carbocycles. The number of amides is 2. The lowest BCUT2D eigenvalue weighted by Crippen LogP contribution is -3.16. The second kappa shape index (κ2) is 10.4. The molecule has 4 N–H and O–H groups in total. The van der Waals surface area contributed by atoms with Crippen molar-refractivity contribution in [1.82, 2.24) is 10.2 Å². The Bertz CT molecular complexity index is 607. The Morgan fingerprint density at radius 3 is 2.33 bits per heavy atom. The highest BCUT2D eigenvalue weighted by molar-refractivity contribution is 5.77. The molecule has 150 valence electrons. The molecule has 1 fully saturated rings. The Kier molecular flexibility index (Phi) is 8.25. The maximum atomic E-state index is 12.6. The number of hydrogen-bond donors (Lipinski definition) is 3. The quantitative estimate of drug-likeness (QED) is 0.544. The van der Waals surface area contributed by atoms with Gasteiger partial charge >= 0.3 is 0 Å². The van der Waals surface area contributed by atoms with E-state index in [1.807, 2.05) is 4.90 Å². The highest BCUT2D eigenvalue weighted by Crippen LogP contribution is 2.18. The first-order valence-corrected chi connectivity index (χ1v) is 10.2. The fourth-order valence-electron chi connectivity index (χ4n) is 3.69. The zero-order valence-corrected chi connectivity index (χ0v) is 17.3. The lowest BCUT2D eigenvalue weighted by atomic mass is 9.95. The van der Waals surface area contributed by atoms with Crippen LogP contribution in [0.5, 0.6) is 0 Å². The van der Waals surface area contributed by atoms with E-state index in [0.29, 0.717) is 25.0 Å². The number of benzene rings is 1. The van der Waals surface area contributed by atoms with Gasteiger partial charge in [0.15, 0.2) is 13.1 Å². The summed E-state index contributed by atoms with van der Waals surface area (Å²) >= 11 is 0. The standard InChI is InChI=1S/C21H34N4O2/c1-5-17-6-8-18(9-7-17)21(16(2)3)23-14-20(27)25-12-10-24(11-13-25)15-19(26)22-4/h6-9,16,21,23H,5,10-15H2,1-4H3,(H,22,26)/p+2/t21-/m1/s1. The number of carbonyl (C=O) groups excluding carboxylic acids is 2. The van der Waals surface area contributed by atoms with E-state index in [9.17, 15) is 9.59 Å². The molecule has 0 aromatic heterocycles. The summed E-state index contributed by atoms with van der Waals surface area (Å²) in [5.41, 5.74) is 2.63. The lowest BCUT2D eigenvalue weighted by Gasteiger charge is -2.31. The van der Waals surface area contributed by atoms with Crippen LogP contribution in [-0.4, -0.2) is 63.0 Å². The Morgan fingerprint density at radius 1 is 1.19 bits per heavy atom. The maximum Gasteiger partial charge on any atom is 0.278 e. The van der Waals surface area contributed by atoms with Gasteiger partial charge in [-0.15, -0.1) is 0 Å². The molecule has 0 unspecified atom stereocenters. The third-order valence-electron chi connectivity index (χ3n) is 5.55. The van der Waals surface area contributed by atoms with Crippen LogP contribution in [0.25, 0.3) is 0 Å². The highest BCUT2D eigenvalue weighted by atomic mass is 16.2. The maximum absolute atomic E-state index is 12.6. The fraction of sp³-hybridized carbons (Fsp3) is 0.619. The molecule has 1 heterocycles. The Balaban J connectivity index is 1.84. The van der Waals surface area contributed by atoms with Crippen molar-refractivity contribution in [2.45, 2.75) is 33.2 Å². The van der Waals surface area contributed by atoms with E-state index in [-0.39, 0.29) is 11.8 Å². The zero-order valence-electron chi connectivity index (χ0n) is 17.3. The van der Waals surface area contributed by atoms with Crippen molar-refractivity contribution >= 4 is 11.8 Å². The van der Waals surface area contributed by atoms with E-state index < -0.39 is 0 Å². The van der Waals surface area contributed by atoms with E-state index in [4.69, 9.17) is 0 Å². The summed E-state index contributed by atoms with van der Waals surface area (Å²) in [4.78, 5) is 27.3. The van der Waals surface area contributed by atoms with E-state index in [2.05, 4.69) is 55.7 Å². The van der Waals surface area contributed by atoms with Crippen molar-refractivity contribution in [3.63, 3.8) is 0 Å². The molecule has 1 aromatic carbocycles. The monoisotopic (exact) mass is 376 g/mol. The third kappa shape index (κ3) is 6.33. The topological polar surface area (TPSA) is 70.5 Å². The summed E-state index contributed by atoms with van der Waals surface area (Å²) in [6.07, 6.45) is 1.04. The first kappa shape index (κ1) is 21.4. The molecule has 1 atom stereocenters. The molecule has 6 heteroatoms. The second-order valence-corrected chi connectivity index (χ2v) is 7.79.